The van der Waals surface area contributed by atoms with Crippen molar-refractivity contribution in [2.45, 2.75) is 81.5 Å². The first kappa shape index (κ1) is 41.8. The number of imidazole rings is 1. The van der Waals surface area contributed by atoms with Crippen LogP contribution in [0.4, 0.5) is 24.7 Å². The van der Waals surface area contributed by atoms with Crippen molar-refractivity contribution in [1.82, 2.24) is 43.7 Å². The molecule has 4 aromatic heterocycles. The Labute approximate surface area is 363 Å². The third-order valence-electron chi connectivity index (χ3n) is 13.2. The number of methoxy groups -OCH3 is 1. The first-order valence-corrected chi connectivity index (χ1v) is 21.4. The summed E-state index contributed by atoms with van der Waals surface area (Å²) in [5.41, 5.74) is 0.759. The monoisotopic (exact) mass is 885 g/mol. The molecule has 1 aliphatic carbocycles. The molecule has 5 fully saturated rings. The molecule has 2 N–H and O–H groups in total. The van der Waals surface area contributed by atoms with Crippen molar-refractivity contribution in [1.29, 1.82) is 0 Å². The van der Waals surface area contributed by atoms with Gasteiger partial charge in [0.05, 0.1) is 66.5 Å². The maximum Gasteiger partial charge on any atom is 0.329 e. The molecule has 1 unspecified atom stereocenters. The van der Waals surface area contributed by atoms with E-state index >= 15 is 4.39 Å². The summed E-state index contributed by atoms with van der Waals surface area (Å²) >= 11 is 0. The molecule has 4 aliphatic heterocycles. The maximum absolute atomic E-state index is 15.5. The zero-order chi connectivity index (χ0) is 44.4. The Morgan fingerprint density at radius 3 is 2.69 bits per heavy atom. The molecule has 5 aromatic rings. The van der Waals surface area contributed by atoms with Crippen LogP contribution in [0.25, 0.3) is 16.7 Å². The SMILES string of the molecule is COc1ccc2c(c1C#CCO[C@@H]1CCN(C[C@H]3C[C@H](n4cc(NC(=O)c5cnn6ccc(N7C[C@H]8C[C@@H]7CO8)nc56)c(C(F)F)n4)C3)C[C@@H]1F)n(C)c(=O)n2C1CCC(=O)NC1=O. The summed E-state index contributed by atoms with van der Waals surface area (Å²) in [6.45, 7) is 2.66. The van der Waals surface area contributed by atoms with Gasteiger partial charge in [0, 0.05) is 52.0 Å². The summed E-state index contributed by atoms with van der Waals surface area (Å²) in [6.07, 6.45) is 2.82. The van der Waals surface area contributed by atoms with Crippen LogP contribution in [0.2, 0.25) is 0 Å². The number of hydrogen-bond donors (Lipinski definition) is 2. The van der Waals surface area contributed by atoms with Gasteiger partial charge in [-0.05, 0) is 56.2 Å². The summed E-state index contributed by atoms with van der Waals surface area (Å²) in [7, 11) is 3.05. The molecule has 4 saturated heterocycles. The Kier molecular flexibility index (Phi) is 10.9. The minimum atomic E-state index is -2.92. The van der Waals surface area contributed by atoms with Gasteiger partial charge in [-0.2, -0.15) is 10.2 Å². The fourth-order valence-electron chi connectivity index (χ4n) is 9.88. The second-order valence-electron chi connectivity index (χ2n) is 17.2. The van der Waals surface area contributed by atoms with Crippen molar-refractivity contribution in [3.63, 3.8) is 0 Å². The van der Waals surface area contributed by atoms with Crippen LogP contribution in [0.1, 0.15) is 78.6 Å². The van der Waals surface area contributed by atoms with Crippen LogP contribution in [0, 0.1) is 17.8 Å². The van der Waals surface area contributed by atoms with E-state index in [1.807, 2.05) is 11.0 Å². The number of nitrogens with zero attached hydrogens (tertiary/aromatic N) is 9. The molecule has 3 amide bonds. The summed E-state index contributed by atoms with van der Waals surface area (Å²) < 4.78 is 66.8. The zero-order valence-electron chi connectivity index (χ0n) is 35.1. The number of aromatic nitrogens is 7. The lowest BCUT2D eigenvalue weighted by atomic mass is 9.79. The summed E-state index contributed by atoms with van der Waals surface area (Å²) in [5, 5.41) is 13.4. The third-order valence-corrected chi connectivity index (χ3v) is 13.2. The van der Waals surface area contributed by atoms with E-state index < -0.39 is 47.9 Å². The van der Waals surface area contributed by atoms with Crippen LogP contribution >= 0.6 is 0 Å². The van der Waals surface area contributed by atoms with Gasteiger partial charge in [0.1, 0.15) is 36.0 Å². The topological polar surface area (TPSA) is 184 Å². The fourth-order valence-corrected chi connectivity index (χ4v) is 9.88. The molecule has 8 heterocycles. The lowest BCUT2D eigenvalue weighted by Gasteiger charge is -2.41. The number of carbonyl (C=O) groups excluding carboxylic acids is 3. The highest BCUT2D eigenvalue weighted by Crippen LogP contribution is 2.40. The van der Waals surface area contributed by atoms with Crippen molar-refractivity contribution >= 4 is 45.9 Å². The van der Waals surface area contributed by atoms with E-state index in [1.165, 1.54) is 37.8 Å². The fraction of sp³-hybridized carbons (Fsp3) is 0.512. The highest BCUT2D eigenvalue weighted by Gasteiger charge is 2.40. The van der Waals surface area contributed by atoms with E-state index in [0.717, 1.165) is 6.42 Å². The molecule has 0 spiro atoms. The standard InChI is InChI=1S/C43H46F3N11O7/c1-52-38-27(33(62-2)7-5-31(38)57(43(52)61)32-6-8-36(58)50-42(32)60)4-3-13-63-34-9-11-53(20-29(34)44)18-23-14-24(15-23)56-21-30(37(51-56)39(45)46)48-41(59)28-17-47-55-12-10-35(49-40(28)55)54-19-26-16-25(54)22-64-26/h5,7,10,12,17,21,23-26,29,32,34,39H,6,8-9,11,13-16,18-20,22H2,1-2H3,(H,48,59)(H,50,58,60)/t23-,24-,25-,26-,29+,32?,34-/m1/s1. The van der Waals surface area contributed by atoms with Gasteiger partial charge in [0.2, 0.25) is 11.8 Å². The number of imide groups is 1. The van der Waals surface area contributed by atoms with Gasteiger partial charge < -0.3 is 24.4 Å². The quantitative estimate of drug-likeness (QED) is 0.146. The van der Waals surface area contributed by atoms with E-state index in [0.29, 0.717) is 79.3 Å². The minimum Gasteiger partial charge on any atom is -0.495 e. The van der Waals surface area contributed by atoms with E-state index in [4.69, 9.17) is 19.2 Å². The van der Waals surface area contributed by atoms with E-state index in [-0.39, 0.29) is 67.3 Å². The number of ether oxygens (including phenoxy) is 3. The number of benzene rings is 1. The molecule has 5 atom stereocenters. The molecule has 21 heteroatoms. The van der Waals surface area contributed by atoms with Crippen molar-refractivity contribution in [3.05, 3.63) is 64.1 Å². The van der Waals surface area contributed by atoms with Crippen LogP contribution in [0.5, 0.6) is 5.75 Å². The molecule has 2 bridgehead atoms. The van der Waals surface area contributed by atoms with Gasteiger partial charge in [-0.3, -0.25) is 38.4 Å². The van der Waals surface area contributed by atoms with Gasteiger partial charge in [-0.15, -0.1) is 0 Å². The lowest BCUT2D eigenvalue weighted by molar-refractivity contribution is -0.135. The van der Waals surface area contributed by atoms with Gasteiger partial charge in [0.25, 0.3) is 12.3 Å². The highest BCUT2D eigenvalue weighted by atomic mass is 19.3. The Balaban J connectivity index is 0.729. The molecule has 1 aromatic carbocycles. The Bertz CT molecular complexity index is 2790. The molecule has 336 valence electrons. The van der Waals surface area contributed by atoms with E-state index in [1.54, 1.807) is 25.4 Å². The first-order chi connectivity index (χ1) is 30.9. The molecular weight excluding hydrogens is 840 g/mol. The molecule has 10 rings (SSSR count). The predicted molar refractivity (Wildman–Crippen MR) is 223 cm³/mol. The number of morpholine rings is 1. The second-order valence-corrected chi connectivity index (χ2v) is 17.2. The Morgan fingerprint density at radius 1 is 1.11 bits per heavy atom. The van der Waals surface area contributed by atoms with Gasteiger partial charge in [-0.25, -0.2) is 27.5 Å². The zero-order valence-corrected chi connectivity index (χ0v) is 35.1. The number of halogens is 3. The molecule has 0 radical (unpaired) electrons. The number of amides is 3. The average Bonchev–Trinajstić information content (AvgIpc) is 4.11. The average molecular weight is 886 g/mol. The van der Waals surface area contributed by atoms with E-state index in [2.05, 4.69) is 37.6 Å². The number of anilines is 2. The molecule has 18 nitrogen and oxygen atoms in total. The van der Waals surface area contributed by atoms with Crippen LogP contribution in [0.3, 0.4) is 0 Å². The lowest BCUT2D eigenvalue weighted by Crippen LogP contribution is -2.48. The van der Waals surface area contributed by atoms with Crippen molar-refractivity contribution in [2.24, 2.45) is 13.0 Å². The largest absolute Gasteiger partial charge is 0.495 e. The number of piperidine rings is 2. The van der Waals surface area contributed by atoms with Crippen LogP contribution in [-0.4, -0.2) is 127 Å². The Hall–Kier alpha value is -6.24. The number of hydrogen-bond acceptors (Lipinski definition) is 12. The highest BCUT2D eigenvalue weighted by molar-refractivity contribution is 6.08. The normalized spacial score (nSPS) is 25.8. The Morgan fingerprint density at radius 2 is 1.95 bits per heavy atom. The number of nitrogens with one attached hydrogen (secondary N) is 2. The molecule has 5 aliphatic rings. The van der Waals surface area contributed by atoms with Crippen LogP contribution in [0.15, 0.2) is 41.6 Å². The smallest absolute Gasteiger partial charge is 0.329 e. The first-order valence-electron chi connectivity index (χ1n) is 21.4. The summed E-state index contributed by atoms with van der Waals surface area (Å²) in [4.78, 5) is 60.2. The van der Waals surface area contributed by atoms with Gasteiger partial charge in [0.15, 0.2) is 11.3 Å². The van der Waals surface area contributed by atoms with Crippen molar-refractivity contribution < 1.29 is 41.8 Å². The molecule has 1 saturated carbocycles. The van der Waals surface area contributed by atoms with E-state index in [9.17, 15) is 28.0 Å². The van der Waals surface area contributed by atoms with Crippen molar-refractivity contribution in [3.8, 4) is 17.6 Å². The second kappa shape index (κ2) is 16.7. The number of rotatable bonds is 11. The number of likely N-dealkylation sites (tertiary alicyclic amines) is 1. The number of aryl methyl sites for hydroxylation is 1. The van der Waals surface area contributed by atoms with Crippen molar-refractivity contribution in [2.75, 3.05) is 56.7 Å². The predicted octanol–water partition coefficient (Wildman–Crippen LogP) is 3.16. The number of fused-ring (bicyclic) bond motifs is 4. The molecular formula is C43H46F3N11O7. The maximum atomic E-state index is 15.5. The number of carbonyl (C=O) groups is 3. The van der Waals surface area contributed by atoms with Gasteiger partial charge >= 0.3 is 5.69 Å². The van der Waals surface area contributed by atoms with Gasteiger partial charge in [-0.1, -0.05) is 11.8 Å². The summed E-state index contributed by atoms with van der Waals surface area (Å²) in [5.74, 6) is 5.75. The summed E-state index contributed by atoms with van der Waals surface area (Å²) in [6, 6.07) is 4.38. The number of alkyl halides is 3. The minimum absolute atomic E-state index is 0.0731. The van der Waals surface area contributed by atoms with Crippen LogP contribution in [-0.2, 0) is 26.1 Å². The third kappa shape index (κ3) is 7.56. The van der Waals surface area contributed by atoms with Crippen LogP contribution < -0.4 is 26.0 Å². The molecule has 64 heavy (non-hydrogen) atoms.